The second kappa shape index (κ2) is 7.80. The molecule has 150 valence electrons. The third kappa shape index (κ3) is 3.62. The van der Waals surface area contributed by atoms with Crippen molar-refractivity contribution in [3.05, 3.63) is 95.6 Å². The van der Waals surface area contributed by atoms with Crippen LogP contribution in [0.3, 0.4) is 0 Å². The maximum atomic E-state index is 11.9. The minimum atomic E-state index is -1.49. The number of nitrogens with one attached hydrogen (secondary N) is 1. The Morgan fingerprint density at radius 1 is 0.900 bits per heavy atom. The zero-order valence-electron chi connectivity index (χ0n) is 16.0. The highest BCUT2D eigenvalue weighted by Crippen LogP contribution is 2.41. The van der Waals surface area contributed by atoms with Crippen LogP contribution in [0.25, 0.3) is 4.91 Å². The van der Waals surface area contributed by atoms with E-state index in [4.69, 9.17) is 9.47 Å². The minimum absolute atomic E-state index is 0.0479. The smallest absolute Gasteiger partial charge is 0.257 e. The standard InChI is InChI=1S/C24H19NO4S/c26-24-15-23(30(27)25-24)16-9-11-18(12-10-16)29-22-14-13-20-19(22)7-4-8-21(20)28-17-5-2-1-3-6-17/h1-12,15,22H,13-14H2,(H,25,26)/t22-,30?/m1/s1. The fourth-order valence-electron chi connectivity index (χ4n) is 3.82. The van der Waals surface area contributed by atoms with Gasteiger partial charge in [0.2, 0.25) is 0 Å². The van der Waals surface area contributed by atoms with Gasteiger partial charge in [0, 0.05) is 11.6 Å². The molecule has 1 amide bonds. The summed E-state index contributed by atoms with van der Waals surface area (Å²) in [5, 5.41) is 0. The highest BCUT2D eigenvalue weighted by Gasteiger charge is 2.27. The molecule has 1 heterocycles. The lowest BCUT2D eigenvalue weighted by Gasteiger charge is -2.16. The number of benzene rings is 3. The van der Waals surface area contributed by atoms with Crippen molar-refractivity contribution in [3.63, 3.8) is 0 Å². The van der Waals surface area contributed by atoms with Gasteiger partial charge in [0.25, 0.3) is 5.91 Å². The highest BCUT2D eigenvalue weighted by molar-refractivity contribution is 7.93. The lowest BCUT2D eigenvalue weighted by molar-refractivity contribution is -0.114. The molecule has 5 rings (SSSR count). The summed E-state index contributed by atoms with van der Waals surface area (Å²) in [6.07, 6.45) is 3.09. The second-order valence-corrected chi connectivity index (χ2v) is 8.33. The quantitative estimate of drug-likeness (QED) is 0.655. The van der Waals surface area contributed by atoms with Gasteiger partial charge in [-0.25, -0.2) is 4.21 Å². The molecule has 0 saturated carbocycles. The van der Waals surface area contributed by atoms with Gasteiger partial charge in [-0.05, 0) is 54.3 Å². The Balaban J connectivity index is 1.33. The Hall–Kier alpha value is -3.38. The summed E-state index contributed by atoms with van der Waals surface area (Å²) in [5.74, 6) is 2.08. The summed E-state index contributed by atoms with van der Waals surface area (Å²) in [4.78, 5) is 11.9. The van der Waals surface area contributed by atoms with Crippen LogP contribution in [-0.2, 0) is 22.2 Å². The lowest BCUT2D eigenvalue weighted by Crippen LogP contribution is -2.16. The van der Waals surface area contributed by atoms with Crippen LogP contribution in [0, 0.1) is 0 Å². The molecule has 1 aliphatic carbocycles. The molecular weight excluding hydrogens is 398 g/mol. The van der Waals surface area contributed by atoms with Crippen molar-refractivity contribution in [2.24, 2.45) is 0 Å². The molecule has 1 N–H and O–H groups in total. The van der Waals surface area contributed by atoms with Gasteiger partial charge in [-0.2, -0.15) is 0 Å². The molecule has 30 heavy (non-hydrogen) atoms. The first kappa shape index (κ1) is 18.6. The van der Waals surface area contributed by atoms with Crippen LogP contribution >= 0.6 is 0 Å². The second-order valence-electron chi connectivity index (χ2n) is 7.15. The van der Waals surface area contributed by atoms with Crippen molar-refractivity contribution in [2.75, 3.05) is 0 Å². The number of fused-ring (bicyclic) bond motifs is 1. The zero-order valence-corrected chi connectivity index (χ0v) is 16.9. The molecule has 1 aliphatic heterocycles. The molecule has 3 aromatic rings. The topological polar surface area (TPSA) is 64.6 Å². The molecule has 2 aliphatic rings. The molecule has 0 spiro atoms. The summed E-state index contributed by atoms with van der Waals surface area (Å²) >= 11 is 0. The van der Waals surface area contributed by atoms with E-state index in [1.807, 2.05) is 66.7 Å². The fourth-order valence-corrected chi connectivity index (χ4v) is 4.73. The number of amides is 1. The number of hydrogen-bond donors (Lipinski definition) is 1. The predicted molar refractivity (Wildman–Crippen MR) is 115 cm³/mol. The number of para-hydroxylation sites is 1. The minimum Gasteiger partial charge on any atom is -0.486 e. The zero-order chi connectivity index (χ0) is 20.5. The summed E-state index contributed by atoms with van der Waals surface area (Å²) in [6.45, 7) is 0. The highest BCUT2D eigenvalue weighted by atomic mass is 32.2. The fraction of sp³-hybridized carbons (Fsp3) is 0.125. The Morgan fingerprint density at radius 3 is 2.43 bits per heavy atom. The van der Waals surface area contributed by atoms with Gasteiger partial charge >= 0.3 is 0 Å². The van der Waals surface area contributed by atoms with Crippen LogP contribution in [0.5, 0.6) is 17.2 Å². The summed E-state index contributed by atoms with van der Waals surface area (Å²) in [7, 11) is -1.49. The first-order valence-corrected chi connectivity index (χ1v) is 10.9. The molecule has 0 fully saturated rings. The van der Waals surface area contributed by atoms with Crippen LogP contribution in [0.2, 0.25) is 0 Å². The van der Waals surface area contributed by atoms with Crippen LogP contribution in [0.1, 0.15) is 29.2 Å². The van der Waals surface area contributed by atoms with Crippen molar-refractivity contribution in [1.82, 2.24) is 4.72 Å². The Kier molecular flexibility index (Phi) is 4.85. The van der Waals surface area contributed by atoms with Crippen molar-refractivity contribution in [2.45, 2.75) is 18.9 Å². The molecule has 0 bridgehead atoms. The van der Waals surface area contributed by atoms with Gasteiger partial charge in [-0.3, -0.25) is 9.52 Å². The predicted octanol–water partition coefficient (Wildman–Crippen LogP) is 4.68. The largest absolute Gasteiger partial charge is 0.486 e. The third-order valence-electron chi connectivity index (χ3n) is 5.22. The van der Waals surface area contributed by atoms with E-state index in [0.717, 1.165) is 41.2 Å². The van der Waals surface area contributed by atoms with E-state index in [1.165, 1.54) is 11.6 Å². The molecule has 6 heteroatoms. The molecule has 0 aromatic heterocycles. The maximum absolute atomic E-state index is 11.9. The van der Waals surface area contributed by atoms with Crippen LogP contribution in [0.15, 0.2) is 78.9 Å². The van der Waals surface area contributed by atoms with Gasteiger partial charge in [-0.1, -0.05) is 42.5 Å². The number of hydrogen-bond acceptors (Lipinski definition) is 4. The molecule has 0 radical (unpaired) electrons. The third-order valence-corrected chi connectivity index (χ3v) is 6.36. The van der Waals surface area contributed by atoms with E-state index in [-0.39, 0.29) is 12.0 Å². The van der Waals surface area contributed by atoms with Crippen molar-refractivity contribution < 1.29 is 18.5 Å². The Bertz CT molecular complexity index is 1160. The molecule has 3 aromatic carbocycles. The van der Waals surface area contributed by atoms with E-state index < -0.39 is 11.0 Å². The van der Waals surface area contributed by atoms with E-state index in [2.05, 4.69) is 10.8 Å². The van der Waals surface area contributed by atoms with Gasteiger partial charge in [0.1, 0.15) is 23.4 Å². The molecule has 5 nitrogen and oxygen atoms in total. The maximum Gasteiger partial charge on any atom is 0.257 e. The van der Waals surface area contributed by atoms with E-state index >= 15 is 0 Å². The average Bonchev–Trinajstić information content (AvgIpc) is 3.32. The first-order chi connectivity index (χ1) is 14.7. The number of carbonyl (C=O) groups is 1. The van der Waals surface area contributed by atoms with Crippen molar-refractivity contribution in [1.29, 1.82) is 0 Å². The summed E-state index contributed by atoms with van der Waals surface area (Å²) < 4.78 is 26.6. The number of carbonyl (C=O) groups excluding carboxylic acids is 1. The van der Waals surface area contributed by atoms with E-state index in [9.17, 15) is 9.00 Å². The first-order valence-electron chi connectivity index (χ1n) is 9.73. The Labute approximate surface area is 176 Å². The van der Waals surface area contributed by atoms with Crippen LogP contribution < -0.4 is 14.2 Å². The normalized spacial score (nSPS) is 19.7. The lowest BCUT2D eigenvalue weighted by atomic mass is 10.1. The molecular formula is C24H19NO4S. The van der Waals surface area contributed by atoms with Gasteiger partial charge < -0.3 is 9.47 Å². The van der Waals surface area contributed by atoms with Gasteiger partial charge in [0.15, 0.2) is 11.0 Å². The van der Waals surface area contributed by atoms with Gasteiger partial charge in [0.05, 0.1) is 4.91 Å². The molecule has 0 saturated heterocycles. The van der Waals surface area contributed by atoms with E-state index in [1.54, 1.807) is 0 Å². The SMILES string of the molecule is O=C1C=C(c2ccc(O[C@@H]3CCc4c(Oc5ccccc5)cccc43)cc2)S(=O)N1. The van der Waals surface area contributed by atoms with Crippen LogP contribution in [-0.4, -0.2) is 10.1 Å². The average molecular weight is 417 g/mol. The monoisotopic (exact) mass is 417 g/mol. The number of ether oxygens (including phenoxy) is 2. The van der Waals surface area contributed by atoms with Crippen LogP contribution in [0.4, 0.5) is 0 Å². The van der Waals surface area contributed by atoms with E-state index in [0.29, 0.717) is 4.91 Å². The Morgan fingerprint density at radius 2 is 1.70 bits per heavy atom. The summed E-state index contributed by atoms with van der Waals surface area (Å²) in [6, 6.07) is 23.2. The van der Waals surface area contributed by atoms with Crippen molar-refractivity contribution >= 4 is 21.8 Å². The van der Waals surface area contributed by atoms with Crippen molar-refractivity contribution in [3.8, 4) is 17.2 Å². The van der Waals surface area contributed by atoms with Gasteiger partial charge in [-0.15, -0.1) is 0 Å². The molecule has 1 unspecified atom stereocenters. The summed E-state index contributed by atoms with van der Waals surface area (Å²) in [5.41, 5.74) is 3.06. The molecule has 2 atom stereocenters. The number of rotatable bonds is 5.